The van der Waals surface area contributed by atoms with Crippen molar-refractivity contribution in [2.75, 3.05) is 32.6 Å². The fourth-order valence-electron chi connectivity index (χ4n) is 1.44. The third-order valence-electron chi connectivity index (χ3n) is 2.27. The quantitative estimate of drug-likeness (QED) is 0.601. The lowest BCUT2D eigenvalue weighted by Gasteiger charge is -2.26. The van der Waals surface area contributed by atoms with Crippen LogP contribution in [0.1, 0.15) is 33.1 Å². The van der Waals surface area contributed by atoms with Crippen molar-refractivity contribution in [2.45, 2.75) is 33.1 Å². The Labute approximate surface area is 105 Å². The number of alkyl halides is 1. The van der Waals surface area contributed by atoms with Crippen LogP contribution in [0.4, 0.5) is 0 Å². The van der Waals surface area contributed by atoms with Crippen LogP contribution in [0.2, 0.25) is 0 Å². The summed E-state index contributed by atoms with van der Waals surface area (Å²) in [7, 11) is -1.68. The van der Waals surface area contributed by atoms with Gasteiger partial charge in [-0.25, -0.2) is 0 Å². The van der Waals surface area contributed by atoms with Crippen molar-refractivity contribution in [1.82, 2.24) is 8.61 Å². The molecule has 0 amide bonds. The van der Waals surface area contributed by atoms with E-state index in [9.17, 15) is 8.42 Å². The highest BCUT2D eigenvalue weighted by Gasteiger charge is 2.24. The molecule has 0 aromatic carbocycles. The van der Waals surface area contributed by atoms with E-state index in [0.29, 0.717) is 31.9 Å². The van der Waals surface area contributed by atoms with Gasteiger partial charge >= 0.3 is 0 Å². The van der Waals surface area contributed by atoms with Gasteiger partial charge in [-0.1, -0.05) is 13.8 Å². The second-order valence-electron chi connectivity index (χ2n) is 3.77. The molecular weight excluding hydrogens is 248 g/mol. The van der Waals surface area contributed by atoms with Gasteiger partial charge in [-0.15, -0.1) is 11.6 Å². The maximum Gasteiger partial charge on any atom is 0.281 e. The highest BCUT2D eigenvalue weighted by Crippen LogP contribution is 2.09. The molecule has 0 N–H and O–H groups in total. The van der Waals surface area contributed by atoms with Crippen molar-refractivity contribution in [3.8, 4) is 0 Å². The van der Waals surface area contributed by atoms with Gasteiger partial charge in [0.25, 0.3) is 10.2 Å². The van der Waals surface area contributed by atoms with Crippen molar-refractivity contribution in [3.63, 3.8) is 0 Å². The van der Waals surface area contributed by atoms with E-state index in [1.54, 1.807) is 11.4 Å². The second kappa shape index (κ2) is 8.28. The summed E-state index contributed by atoms with van der Waals surface area (Å²) in [4.78, 5) is 0. The van der Waals surface area contributed by atoms with Gasteiger partial charge in [-0.3, -0.25) is 0 Å². The van der Waals surface area contributed by atoms with Crippen LogP contribution in [0.5, 0.6) is 0 Å². The van der Waals surface area contributed by atoms with E-state index in [-0.39, 0.29) is 0 Å². The first-order valence-electron chi connectivity index (χ1n) is 5.78. The van der Waals surface area contributed by atoms with Crippen LogP contribution in [0.3, 0.4) is 0 Å². The Kier molecular flexibility index (Phi) is 8.36. The Morgan fingerprint density at radius 3 is 1.94 bits per heavy atom. The largest absolute Gasteiger partial charge is 0.281 e. The number of halogens is 1. The normalized spacial score (nSPS) is 12.6. The smallest absolute Gasteiger partial charge is 0.195 e. The van der Waals surface area contributed by atoms with Crippen LogP contribution in [-0.4, -0.2) is 49.6 Å². The predicted octanol–water partition coefficient (Wildman–Crippen LogP) is 1.91. The molecule has 0 unspecified atom stereocenters. The lowest BCUT2D eigenvalue weighted by atomic mass is 10.4. The van der Waals surface area contributed by atoms with Crippen LogP contribution in [-0.2, 0) is 10.2 Å². The molecule has 0 aliphatic carbocycles. The standard InChI is InChI=1S/C10H23ClN2O2S/c1-4-8-13(9-5-2)16(14,15)12(3)10-6-7-11/h4-10H2,1-3H3. The molecular formula is C10H23ClN2O2S. The maximum atomic E-state index is 12.1. The number of nitrogens with zero attached hydrogens (tertiary/aromatic N) is 2. The van der Waals surface area contributed by atoms with Crippen LogP contribution in [0.25, 0.3) is 0 Å². The highest BCUT2D eigenvalue weighted by molar-refractivity contribution is 7.86. The molecule has 4 nitrogen and oxygen atoms in total. The molecule has 0 aliphatic rings. The lowest BCUT2D eigenvalue weighted by Crippen LogP contribution is -2.43. The summed E-state index contributed by atoms with van der Waals surface area (Å²) in [6.45, 7) is 5.62. The summed E-state index contributed by atoms with van der Waals surface area (Å²) in [5, 5.41) is 0. The Morgan fingerprint density at radius 1 is 1.06 bits per heavy atom. The van der Waals surface area contributed by atoms with Gasteiger partial charge in [0, 0.05) is 32.6 Å². The second-order valence-corrected chi connectivity index (χ2v) is 6.18. The average molecular weight is 271 g/mol. The van der Waals surface area contributed by atoms with E-state index in [0.717, 1.165) is 12.8 Å². The SMILES string of the molecule is CCCN(CCC)S(=O)(=O)N(C)CCCCl. The van der Waals surface area contributed by atoms with E-state index < -0.39 is 10.2 Å². The minimum Gasteiger partial charge on any atom is -0.195 e. The van der Waals surface area contributed by atoms with Gasteiger partial charge in [0.05, 0.1) is 0 Å². The monoisotopic (exact) mass is 270 g/mol. The Hall–Kier alpha value is 0.160. The molecule has 0 spiro atoms. The van der Waals surface area contributed by atoms with Crippen LogP contribution >= 0.6 is 11.6 Å². The number of hydrogen-bond acceptors (Lipinski definition) is 2. The molecule has 0 aliphatic heterocycles. The van der Waals surface area contributed by atoms with Crippen LogP contribution in [0, 0.1) is 0 Å². The zero-order valence-corrected chi connectivity index (χ0v) is 12.0. The molecule has 6 heteroatoms. The summed E-state index contributed by atoms with van der Waals surface area (Å²) in [5.41, 5.74) is 0. The van der Waals surface area contributed by atoms with Gasteiger partial charge in [0.1, 0.15) is 0 Å². The van der Waals surface area contributed by atoms with Gasteiger partial charge in [0.2, 0.25) is 0 Å². The van der Waals surface area contributed by atoms with Crippen LogP contribution in [0.15, 0.2) is 0 Å². The third kappa shape index (κ3) is 4.99. The van der Waals surface area contributed by atoms with E-state index in [4.69, 9.17) is 11.6 Å². The van der Waals surface area contributed by atoms with E-state index >= 15 is 0 Å². The first-order valence-corrected chi connectivity index (χ1v) is 7.71. The third-order valence-corrected chi connectivity index (χ3v) is 4.53. The number of hydrogen-bond donors (Lipinski definition) is 0. The summed E-state index contributed by atoms with van der Waals surface area (Å²) < 4.78 is 27.2. The average Bonchev–Trinajstić information content (AvgIpc) is 2.25. The highest BCUT2D eigenvalue weighted by atomic mass is 35.5. The molecule has 16 heavy (non-hydrogen) atoms. The topological polar surface area (TPSA) is 40.6 Å². The molecule has 0 rings (SSSR count). The van der Waals surface area contributed by atoms with Crippen LogP contribution < -0.4 is 0 Å². The lowest BCUT2D eigenvalue weighted by molar-refractivity contribution is 0.357. The molecule has 0 fully saturated rings. The Bertz CT molecular complexity index is 264. The van der Waals surface area contributed by atoms with Crippen molar-refractivity contribution in [2.24, 2.45) is 0 Å². The first kappa shape index (κ1) is 16.2. The summed E-state index contributed by atoms with van der Waals surface area (Å²) in [5.74, 6) is 0.488. The van der Waals surface area contributed by atoms with E-state index in [2.05, 4.69) is 0 Å². The fraction of sp³-hybridized carbons (Fsp3) is 1.00. The molecule has 0 radical (unpaired) electrons. The maximum absolute atomic E-state index is 12.1. The minimum absolute atomic E-state index is 0.482. The predicted molar refractivity (Wildman–Crippen MR) is 69.0 cm³/mol. The van der Waals surface area contributed by atoms with E-state index in [1.807, 2.05) is 13.8 Å². The van der Waals surface area contributed by atoms with Gasteiger partial charge < -0.3 is 0 Å². The summed E-state index contributed by atoms with van der Waals surface area (Å²) in [6.07, 6.45) is 2.36. The molecule has 0 saturated carbocycles. The Morgan fingerprint density at radius 2 is 1.56 bits per heavy atom. The van der Waals surface area contributed by atoms with Crippen molar-refractivity contribution >= 4 is 21.8 Å². The summed E-state index contributed by atoms with van der Waals surface area (Å²) >= 11 is 5.56. The van der Waals surface area contributed by atoms with Crippen molar-refractivity contribution < 1.29 is 8.42 Å². The van der Waals surface area contributed by atoms with Gasteiger partial charge in [0.15, 0.2) is 0 Å². The zero-order valence-electron chi connectivity index (χ0n) is 10.4. The Balaban J connectivity index is 4.56. The fourth-order valence-corrected chi connectivity index (χ4v) is 3.14. The van der Waals surface area contributed by atoms with Gasteiger partial charge in [-0.2, -0.15) is 17.0 Å². The first-order chi connectivity index (χ1) is 7.50. The molecule has 0 atom stereocenters. The van der Waals surface area contributed by atoms with Crippen molar-refractivity contribution in [1.29, 1.82) is 0 Å². The molecule has 98 valence electrons. The van der Waals surface area contributed by atoms with Crippen molar-refractivity contribution in [3.05, 3.63) is 0 Å². The zero-order chi connectivity index (χ0) is 12.6. The molecule has 0 saturated heterocycles. The summed E-state index contributed by atoms with van der Waals surface area (Å²) in [6, 6.07) is 0. The van der Waals surface area contributed by atoms with E-state index in [1.165, 1.54) is 4.31 Å². The molecule has 0 heterocycles. The number of rotatable bonds is 9. The molecule has 0 aromatic heterocycles. The van der Waals surface area contributed by atoms with Gasteiger partial charge in [-0.05, 0) is 19.3 Å². The molecule has 0 aromatic rings. The molecule has 0 bridgehead atoms. The minimum atomic E-state index is -3.29.